The summed E-state index contributed by atoms with van der Waals surface area (Å²) in [5.41, 5.74) is 1.25. The molecule has 0 unspecified atom stereocenters. The summed E-state index contributed by atoms with van der Waals surface area (Å²) in [5, 5.41) is 12.1. The summed E-state index contributed by atoms with van der Waals surface area (Å²) in [6.45, 7) is 3.64. The Morgan fingerprint density at radius 3 is 3.00 bits per heavy atom. The van der Waals surface area contributed by atoms with Gasteiger partial charge >= 0.3 is 0 Å². The fourth-order valence-electron chi connectivity index (χ4n) is 2.94. The Hall–Kier alpha value is -2.81. The van der Waals surface area contributed by atoms with Gasteiger partial charge in [0.2, 0.25) is 5.89 Å². The molecule has 3 aromatic heterocycles. The highest BCUT2D eigenvalue weighted by molar-refractivity contribution is 6.00. The predicted molar refractivity (Wildman–Crippen MR) is 83.3 cm³/mol. The molecule has 9 heteroatoms. The molecule has 1 atom stereocenters. The van der Waals surface area contributed by atoms with Crippen LogP contribution in [0.3, 0.4) is 0 Å². The Morgan fingerprint density at radius 1 is 1.33 bits per heavy atom. The van der Waals surface area contributed by atoms with Gasteiger partial charge in [0, 0.05) is 25.8 Å². The van der Waals surface area contributed by atoms with E-state index in [1.807, 2.05) is 13.1 Å². The smallest absolute Gasteiger partial charge is 0.257 e. The maximum absolute atomic E-state index is 12.9. The molecule has 1 amide bonds. The van der Waals surface area contributed by atoms with Gasteiger partial charge in [-0.2, -0.15) is 19.8 Å². The average Bonchev–Trinajstić information content (AvgIpc) is 3.21. The van der Waals surface area contributed by atoms with Crippen LogP contribution in [0.15, 0.2) is 29.0 Å². The SMILES string of the molecule is Cc1noc([C@@H]2CN(C(=O)c3cnn4ncccc34)CCN2C)n1. The van der Waals surface area contributed by atoms with Gasteiger partial charge in [-0.25, -0.2) is 0 Å². The molecule has 1 fully saturated rings. The van der Waals surface area contributed by atoms with E-state index < -0.39 is 0 Å². The number of fused-ring (bicyclic) bond motifs is 1. The lowest BCUT2D eigenvalue weighted by molar-refractivity contribution is 0.0490. The van der Waals surface area contributed by atoms with E-state index in [0.29, 0.717) is 35.9 Å². The van der Waals surface area contributed by atoms with E-state index in [1.54, 1.807) is 30.3 Å². The van der Waals surface area contributed by atoms with Crippen LogP contribution in [0.4, 0.5) is 0 Å². The van der Waals surface area contributed by atoms with E-state index in [4.69, 9.17) is 4.52 Å². The summed E-state index contributed by atoms with van der Waals surface area (Å²) in [7, 11) is 1.99. The number of rotatable bonds is 2. The first-order valence-electron chi connectivity index (χ1n) is 7.72. The molecule has 9 nitrogen and oxygen atoms in total. The molecule has 0 radical (unpaired) electrons. The van der Waals surface area contributed by atoms with E-state index in [-0.39, 0.29) is 11.9 Å². The number of likely N-dealkylation sites (N-methyl/N-ethyl adjacent to an activating group) is 1. The van der Waals surface area contributed by atoms with Crippen molar-refractivity contribution in [3.63, 3.8) is 0 Å². The van der Waals surface area contributed by atoms with E-state index in [1.165, 1.54) is 4.63 Å². The van der Waals surface area contributed by atoms with Crippen LogP contribution in [0, 0.1) is 6.92 Å². The normalized spacial score (nSPS) is 19.1. The highest BCUT2D eigenvalue weighted by Gasteiger charge is 2.33. The van der Waals surface area contributed by atoms with Crippen molar-refractivity contribution in [2.24, 2.45) is 0 Å². The average molecular weight is 327 g/mol. The zero-order valence-corrected chi connectivity index (χ0v) is 13.5. The lowest BCUT2D eigenvalue weighted by Gasteiger charge is -2.37. The van der Waals surface area contributed by atoms with Gasteiger partial charge in [-0.15, -0.1) is 0 Å². The number of piperazine rings is 1. The molecular weight excluding hydrogens is 310 g/mol. The summed E-state index contributed by atoms with van der Waals surface area (Å²) in [4.78, 5) is 21.1. The lowest BCUT2D eigenvalue weighted by Crippen LogP contribution is -2.49. The summed E-state index contributed by atoms with van der Waals surface area (Å²) in [6, 6.07) is 3.52. The Labute approximate surface area is 137 Å². The fraction of sp³-hybridized carbons (Fsp3) is 0.400. The van der Waals surface area contributed by atoms with Crippen molar-refractivity contribution >= 4 is 11.4 Å². The van der Waals surface area contributed by atoms with Crippen LogP contribution < -0.4 is 0 Å². The molecular formula is C15H17N7O2. The minimum absolute atomic E-state index is 0.0627. The number of carbonyl (C=O) groups is 1. The topological polar surface area (TPSA) is 92.7 Å². The third-order valence-corrected chi connectivity index (χ3v) is 4.30. The monoisotopic (exact) mass is 327 g/mol. The molecule has 0 N–H and O–H groups in total. The molecule has 0 saturated carbocycles. The van der Waals surface area contributed by atoms with Crippen LogP contribution in [0.25, 0.3) is 5.52 Å². The lowest BCUT2D eigenvalue weighted by atomic mass is 10.1. The molecule has 24 heavy (non-hydrogen) atoms. The number of amides is 1. The third-order valence-electron chi connectivity index (χ3n) is 4.30. The molecule has 4 rings (SSSR count). The first-order valence-corrected chi connectivity index (χ1v) is 7.72. The summed E-state index contributed by atoms with van der Waals surface area (Å²) in [6.07, 6.45) is 3.20. The van der Waals surface area contributed by atoms with Crippen LogP contribution in [-0.4, -0.2) is 67.4 Å². The van der Waals surface area contributed by atoms with Gasteiger partial charge in [-0.05, 0) is 26.1 Å². The molecule has 1 aliphatic rings. The number of nitrogens with zero attached hydrogens (tertiary/aromatic N) is 7. The van der Waals surface area contributed by atoms with E-state index in [2.05, 4.69) is 25.2 Å². The molecule has 1 saturated heterocycles. The summed E-state index contributed by atoms with van der Waals surface area (Å²) in [5.74, 6) is 1.07. The Balaban J connectivity index is 1.61. The maximum atomic E-state index is 12.9. The van der Waals surface area contributed by atoms with Crippen molar-refractivity contribution in [3.8, 4) is 0 Å². The molecule has 1 aliphatic heterocycles. The summed E-state index contributed by atoms with van der Waals surface area (Å²) < 4.78 is 6.76. The van der Waals surface area contributed by atoms with Gasteiger partial charge in [0.05, 0.1) is 11.8 Å². The first kappa shape index (κ1) is 14.8. The second kappa shape index (κ2) is 5.68. The van der Waals surface area contributed by atoms with E-state index in [0.717, 1.165) is 6.54 Å². The minimum Gasteiger partial charge on any atom is -0.338 e. The zero-order chi connectivity index (χ0) is 16.7. The highest BCUT2D eigenvalue weighted by Crippen LogP contribution is 2.24. The van der Waals surface area contributed by atoms with Crippen molar-refractivity contribution in [2.75, 3.05) is 26.7 Å². The fourth-order valence-corrected chi connectivity index (χ4v) is 2.94. The van der Waals surface area contributed by atoms with Crippen LogP contribution >= 0.6 is 0 Å². The van der Waals surface area contributed by atoms with Crippen LogP contribution in [-0.2, 0) is 0 Å². The van der Waals surface area contributed by atoms with Crippen molar-refractivity contribution < 1.29 is 9.32 Å². The molecule has 4 heterocycles. The van der Waals surface area contributed by atoms with Crippen molar-refractivity contribution in [3.05, 3.63) is 41.8 Å². The Bertz CT molecular complexity index is 887. The predicted octanol–water partition coefficient (Wildman–Crippen LogP) is 0.550. The minimum atomic E-state index is -0.108. The van der Waals surface area contributed by atoms with Crippen molar-refractivity contribution in [1.82, 2.24) is 34.8 Å². The van der Waals surface area contributed by atoms with Gasteiger partial charge in [0.1, 0.15) is 11.6 Å². The van der Waals surface area contributed by atoms with Crippen molar-refractivity contribution in [2.45, 2.75) is 13.0 Å². The van der Waals surface area contributed by atoms with Crippen LogP contribution in [0.5, 0.6) is 0 Å². The first-order chi connectivity index (χ1) is 11.6. The molecule has 0 aliphatic carbocycles. The zero-order valence-electron chi connectivity index (χ0n) is 13.5. The highest BCUT2D eigenvalue weighted by atomic mass is 16.5. The van der Waals surface area contributed by atoms with Crippen molar-refractivity contribution in [1.29, 1.82) is 0 Å². The number of aromatic nitrogens is 5. The number of hydrogen-bond donors (Lipinski definition) is 0. The van der Waals surface area contributed by atoms with Gasteiger partial charge in [-0.3, -0.25) is 9.69 Å². The van der Waals surface area contributed by atoms with Gasteiger partial charge < -0.3 is 9.42 Å². The van der Waals surface area contributed by atoms with Crippen LogP contribution in [0.2, 0.25) is 0 Å². The standard InChI is InChI=1S/C15H17N7O2/c1-10-18-14(24-19-10)13-9-21(7-6-20(13)2)15(23)11-8-17-22-12(11)4-3-5-16-22/h3-5,8,13H,6-7,9H2,1-2H3/t13-/m0/s1. The maximum Gasteiger partial charge on any atom is 0.257 e. The second-order valence-electron chi connectivity index (χ2n) is 5.88. The molecule has 0 aromatic carbocycles. The van der Waals surface area contributed by atoms with E-state index >= 15 is 0 Å². The van der Waals surface area contributed by atoms with E-state index in [9.17, 15) is 4.79 Å². The van der Waals surface area contributed by atoms with Gasteiger partial charge in [-0.1, -0.05) is 5.16 Å². The second-order valence-corrected chi connectivity index (χ2v) is 5.88. The third kappa shape index (κ3) is 2.42. The quantitative estimate of drug-likeness (QED) is 0.678. The molecule has 3 aromatic rings. The van der Waals surface area contributed by atoms with Crippen LogP contribution in [0.1, 0.15) is 28.1 Å². The van der Waals surface area contributed by atoms with Gasteiger partial charge in [0.15, 0.2) is 5.82 Å². The Morgan fingerprint density at radius 2 is 2.21 bits per heavy atom. The molecule has 0 spiro atoms. The number of hydrogen-bond acceptors (Lipinski definition) is 7. The Kier molecular flexibility index (Phi) is 3.49. The largest absolute Gasteiger partial charge is 0.338 e. The molecule has 0 bridgehead atoms. The van der Waals surface area contributed by atoms with Gasteiger partial charge in [0.25, 0.3) is 5.91 Å². The number of aryl methyl sites for hydroxylation is 1. The number of carbonyl (C=O) groups excluding carboxylic acids is 1. The molecule has 124 valence electrons. The summed E-state index contributed by atoms with van der Waals surface area (Å²) >= 11 is 0.